The van der Waals surface area contributed by atoms with Gasteiger partial charge in [-0.3, -0.25) is 14.2 Å². The normalized spacial score (nSPS) is 11.9. The number of nitrogens with one attached hydrogen (secondary N) is 2. The van der Waals surface area contributed by atoms with Gasteiger partial charge in [-0.2, -0.15) is 0 Å². The first-order chi connectivity index (χ1) is 17.7. The van der Waals surface area contributed by atoms with Crippen molar-refractivity contribution in [2.75, 3.05) is 18.5 Å². The molecule has 2 aromatic heterocycles. The highest BCUT2D eigenvalue weighted by atomic mass is 32.2. The average molecular weight is 517 g/mol. The molecule has 1 amide bonds. The van der Waals surface area contributed by atoms with E-state index in [4.69, 9.17) is 5.73 Å². The minimum absolute atomic E-state index is 0.000241. The monoisotopic (exact) mass is 516 g/mol. The molecular weight excluding hydrogens is 492 g/mol. The van der Waals surface area contributed by atoms with Crippen molar-refractivity contribution in [2.24, 2.45) is 0 Å². The minimum atomic E-state index is -3.39. The Labute approximate surface area is 213 Å². The van der Waals surface area contributed by atoms with Gasteiger partial charge < -0.3 is 11.1 Å². The molecule has 0 aliphatic carbocycles. The number of benzene rings is 2. The van der Waals surface area contributed by atoms with Crippen LogP contribution in [-0.4, -0.2) is 41.7 Å². The number of aromatic nitrogens is 3. The van der Waals surface area contributed by atoms with Gasteiger partial charge in [-0.15, -0.1) is 0 Å². The third kappa shape index (κ3) is 5.83. The Morgan fingerprint density at radius 2 is 1.84 bits per heavy atom. The highest BCUT2D eigenvalue weighted by Gasteiger charge is 2.21. The van der Waals surface area contributed by atoms with Crippen molar-refractivity contribution in [1.82, 2.24) is 24.6 Å². The van der Waals surface area contributed by atoms with Gasteiger partial charge in [0.15, 0.2) is 11.5 Å². The van der Waals surface area contributed by atoms with Crippen molar-refractivity contribution >= 4 is 32.5 Å². The van der Waals surface area contributed by atoms with Crippen LogP contribution in [0.5, 0.6) is 0 Å². The zero-order valence-corrected chi connectivity index (χ0v) is 20.9. The minimum Gasteiger partial charge on any atom is -0.382 e. The number of carbonyl (C=O) groups is 1. The van der Waals surface area contributed by atoms with Gasteiger partial charge in [-0.05, 0) is 36.6 Å². The summed E-state index contributed by atoms with van der Waals surface area (Å²) in [5, 5.41) is 3.85. The fourth-order valence-corrected chi connectivity index (χ4v) is 4.15. The summed E-state index contributed by atoms with van der Waals surface area (Å²) in [4.78, 5) is 34.7. The van der Waals surface area contributed by atoms with Gasteiger partial charge in [-0.25, -0.2) is 23.1 Å². The second-order valence-corrected chi connectivity index (χ2v) is 10.0. The number of anilines is 1. The van der Waals surface area contributed by atoms with Gasteiger partial charge in [0, 0.05) is 29.3 Å². The van der Waals surface area contributed by atoms with Crippen molar-refractivity contribution in [2.45, 2.75) is 13.0 Å². The number of hydrogen-bond donors (Lipinski definition) is 3. The molecule has 188 valence electrons. The van der Waals surface area contributed by atoms with E-state index in [1.165, 1.54) is 17.0 Å². The fraction of sp³-hybridized carbons (Fsp3) is 0.154. The summed E-state index contributed by atoms with van der Waals surface area (Å²) in [6.45, 7) is 1.67. The maximum absolute atomic E-state index is 13.9. The van der Waals surface area contributed by atoms with Gasteiger partial charge in [0.2, 0.25) is 10.0 Å². The zero-order valence-electron chi connectivity index (χ0n) is 20.1. The first-order valence-electron chi connectivity index (χ1n) is 11.2. The van der Waals surface area contributed by atoms with Crippen LogP contribution in [-0.2, 0) is 10.0 Å². The Morgan fingerprint density at radius 1 is 1.11 bits per heavy atom. The number of nitrogens with zero attached hydrogens (tertiary/aromatic N) is 3. The maximum Gasteiger partial charge on any atom is 0.274 e. The van der Waals surface area contributed by atoms with E-state index in [-0.39, 0.29) is 23.6 Å². The molecule has 0 bridgehead atoms. The lowest BCUT2D eigenvalue weighted by Crippen LogP contribution is -2.33. The number of hydrogen-bond acceptors (Lipinski definition) is 7. The molecule has 4 aromatic rings. The molecule has 0 unspecified atom stereocenters. The summed E-state index contributed by atoms with van der Waals surface area (Å²) in [7, 11) is -3.39. The summed E-state index contributed by atoms with van der Waals surface area (Å²) in [6, 6.07) is 15.5. The lowest BCUT2D eigenvalue weighted by atomic mass is 10.0. The summed E-state index contributed by atoms with van der Waals surface area (Å²) < 4.78 is 26.5. The average Bonchev–Trinajstić information content (AvgIpc) is 2.86. The number of nitrogens with two attached hydrogens (primary N) is 1. The van der Waals surface area contributed by atoms with Crippen molar-refractivity contribution in [3.63, 3.8) is 0 Å². The smallest absolute Gasteiger partial charge is 0.274 e. The third-order valence-corrected chi connectivity index (χ3v) is 6.14. The Kier molecular flexibility index (Phi) is 7.33. The van der Waals surface area contributed by atoms with E-state index in [1.807, 2.05) is 24.3 Å². The van der Waals surface area contributed by atoms with Gasteiger partial charge in [0.05, 0.1) is 24.2 Å². The van der Waals surface area contributed by atoms with Crippen LogP contribution in [0.25, 0.3) is 16.5 Å². The molecule has 0 fully saturated rings. The second kappa shape index (κ2) is 10.6. The van der Waals surface area contributed by atoms with E-state index in [0.29, 0.717) is 27.7 Å². The number of carbonyl (C=O) groups excluding carboxylic acids is 1. The Bertz CT molecular complexity index is 1710. The van der Waals surface area contributed by atoms with E-state index in [1.54, 1.807) is 37.3 Å². The van der Waals surface area contributed by atoms with Crippen LogP contribution in [0, 0.1) is 11.8 Å². The molecule has 2 heterocycles. The number of nitrogen functional groups attached to an aromatic ring is 1. The van der Waals surface area contributed by atoms with Crippen LogP contribution in [0.15, 0.2) is 71.8 Å². The molecule has 10 nitrogen and oxygen atoms in total. The van der Waals surface area contributed by atoms with Crippen molar-refractivity contribution < 1.29 is 13.2 Å². The molecule has 2 aromatic carbocycles. The van der Waals surface area contributed by atoms with E-state index < -0.39 is 22.0 Å². The highest BCUT2D eigenvalue weighted by molar-refractivity contribution is 7.88. The summed E-state index contributed by atoms with van der Waals surface area (Å²) in [5.74, 6) is 5.13. The van der Waals surface area contributed by atoms with Gasteiger partial charge in [0.1, 0.15) is 0 Å². The first kappa shape index (κ1) is 25.6. The standard InChI is InChI=1S/C26H24N6O4S/c1-17(31-25(33)23-24(27)29-15-14-28-23)21-16-19-9-6-8-18(10-7-13-30-37(2,35)36)22(19)26(34)32(21)20-11-4-3-5-12-20/h3-6,8-9,11-12,14-17,30H,13H2,1-2H3,(H2,27,29)(H,31,33)/t17-/m0/s1. The van der Waals surface area contributed by atoms with Crippen molar-refractivity contribution in [3.05, 3.63) is 94.3 Å². The first-order valence-corrected chi connectivity index (χ1v) is 13.1. The second-order valence-electron chi connectivity index (χ2n) is 8.20. The molecule has 0 aliphatic rings. The lowest BCUT2D eigenvalue weighted by molar-refractivity contribution is 0.0934. The largest absolute Gasteiger partial charge is 0.382 e. The zero-order chi connectivity index (χ0) is 26.6. The van der Waals surface area contributed by atoms with E-state index in [0.717, 1.165) is 6.26 Å². The third-order valence-electron chi connectivity index (χ3n) is 5.47. The molecule has 1 atom stereocenters. The predicted octanol–water partition coefficient (Wildman–Crippen LogP) is 1.75. The van der Waals surface area contributed by atoms with E-state index in [2.05, 4.69) is 31.8 Å². The molecule has 0 aliphatic heterocycles. The molecule has 4 rings (SSSR count). The maximum atomic E-state index is 13.9. The molecule has 0 spiro atoms. The predicted molar refractivity (Wildman–Crippen MR) is 142 cm³/mol. The topological polar surface area (TPSA) is 149 Å². The van der Waals surface area contributed by atoms with Crippen LogP contribution in [0.2, 0.25) is 0 Å². The van der Waals surface area contributed by atoms with Crippen LogP contribution < -0.4 is 21.3 Å². The fourth-order valence-electron chi connectivity index (χ4n) is 3.82. The summed E-state index contributed by atoms with van der Waals surface area (Å²) in [5.41, 5.74) is 7.05. The summed E-state index contributed by atoms with van der Waals surface area (Å²) in [6.07, 6.45) is 3.81. The molecule has 11 heteroatoms. The van der Waals surface area contributed by atoms with E-state index >= 15 is 0 Å². The van der Waals surface area contributed by atoms with E-state index in [9.17, 15) is 18.0 Å². The number of para-hydroxylation sites is 1. The van der Waals surface area contributed by atoms with Crippen molar-refractivity contribution in [1.29, 1.82) is 0 Å². The number of fused-ring (bicyclic) bond motifs is 1. The van der Waals surface area contributed by atoms with Crippen LogP contribution in [0.4, 0.5) is 5.82 Å². The van der Waals surface area contributed by atoms with Crippen LogP contribution >= 0.6 is 0 Å². The van der Waals surface area contributed by atoms with Crippen LogP contribution in [0.1, 0.15) is 34.7 Å². The number of amides is 1. The SMILES string of the molecule is C[C@H](NC(=O)c1nccnc1N)c1cc2cccc(C#CCNS(C)(=O)=O)c2c(=O)n1-c1ccccc1. The van der Waals surface area contributed by atoms with Gasteiger partial charge in [0.25, 0.3) is 11.5 Å². The van der Waals surface area contributed by atoms with Gasteiger partial charge in [-0.1, -0.05) is 42.2 Å². The molecule has 0 saturated heterocycles. The highest BCUT2D eigenvalue weighted by Crippen LogP contribution is 2.23. The summed E-state index contributed by atoms with van der Waals surface area (Å²) >= 11 is 0. The molecular formula is C26H24N6O4S. The molecule has 0 saturated carbocycles. The lowest BCUT2D eigenvalue weighted by Gasteiger charge is -2.21. The Morgan fingerprint density at radius 3 is 2.54 bits per heavy atom. The Hall–Kier alpha value is -4.53. The van der Waals surface area contributed by atoms with Crippen LogP contribution in [0.3, 0.4) is 0 Å². The van der Waals surface area contributed by atoms with Crippen molar-refractivity contribution in [3.8, 4) is 17.5 Å². The molecule has 37 heavy (non-hydrogen) atoms. The molecule has 0 radical (unpaired) electrons. The Balaban J connectivity index is 1.83. The number of sulfonamides is 1. The quantitative estimate of drug-likeness (QED) is 0.331. The number of pyridine rings is 1. The number of rotatable bonds is 6. The molecule has 4 N–H and O–H groups in total. The van der Waals surface area contributed by atoms with Gasteiger partial charge >= 0.3 is 0 Å².